The van der Waals surface area contributed by atoms with Gasteiger partial charge in [0.25, 0.3) is 0 Å². The van der Waals surface area contributed by atoms with Gasteiger partial charge in [0, 0.05) is 36.5 Å². The molecule has 1 saturated heterocycles. The minimum Gasteiger partial charge on any atom is -0.480 e. The van der Waals surface area contributed by atoms with Crippen molar-refractivity contribution in [1.82, 2.24) is 14.7 Å². The van der Waals surface area contributed by atoms with Crippen molar-refractivity contribution in [1.29, 1.82) is 0 Å². The largest absolute Gasteiger partial charge is 0.480 e. The number of anilines is 1. The zero-order valence-corrected chi connectivity index (χ0v) is 15.1. The van der Waals surface area contributed by atoms with Gasteiger partial charge < -0.3 is 15.3 Å². The zero-order chi connectivity index (χ0) is 19.4. The van der Waals surface area contributed by atoms with Crippen molar-refractivity contribution in [3.8, 4) is 0 Å². The Morgan fingerprint density at radius 3 is 2.85 bits per heavy atom. The van der Waals surface area contributed by atoms with Crippen molar-refractivity contribution >= 4 is 23.5 Å². The number of rotatable bonds is 5. The van der Waals surface area contributed by atoms with Gasteiger partial charge in [-0.2, -0.15) is 5.10 Å². The molecule has 27 heavy (non-hydrogen) atoms. The third-order valence-corrected chi connectivity index (χ3v) is 4.61. The van der Waals surface area contributed by atoms with Crippen molar-refractivity contribution < 1.29 is 19.5 Å². The van der Waals surface area contributed by atoms with Crippen molar-refractivity contribution in [2.75, 3.05) is 18.4 Å². The number of amides is 2. The Kier molecular flexibility index (Phi) is 5.54. The number of carboxylic acid groups (broad SMARTS) is 1. The summed E-state index contributed by atoms with van der Waals surface area (Å²) < 4.78 is 1.39. The molecule has 0 bridgehead atoms. The van der Waals surface area contributed by atoms with Crippen LogP contribution >= 0.6 is 0 Å². The van der Waals surface area contributed by atoms with E-state index >= 15 is 0 Å². The van der Waals surface area contributed by atoms with Crippen LogP contribution in [-0.4, -0.2) is 50.7 Å². The summed E-state index contributed by atoms with van der Waals surface area (Å²) in [4.78, 5) is 36.6. The van der Waals surface area contributed by atoms with E-state index in [9.17, 15) is 14.4 Å². The molecule has 0 radical (unpaired) electrons. The molecule has 2 heterocycles. The molecular weight excluding hydrogens is 348 g/mol. The second-order valence-corrected chi connectivity index (χ2v) is 6.68. The number of carbonyl (C=O) groups is 3. The number of ketones is 1. The lowest BCUT2D eigenvalue weighted by molar-refractivity contribution is -0.137. The normalized spacial score (nSPS) is 16.8. The molecule has 1 fully saturated rings. The zero-order valence-electron chi connectivity index (χ0n) is 15.1. The summed E-state index contributed by atoms with van der Waals surface area (Å²) in [5.74, 6) is -0.925. The summed E-state index contributed by atoms with van der Waals surface area (Å²) in [6.45, 7) is 2.47. The van der Waals surface area contributed by atoms with Crippen molar-refractivity contribution in [3.05, 3.63) is 47.8 Å². The quantitative estimate of drug-likeness (QED) is 0.787. The van der Waals surface area contributed by atoms with Crippen molar-refractivity contribution in [3.63, 3.8) is 0 Å². The minimum absolute atomic E-state index is 0.0546. The lowest BCUT2D eigenvalue weighted by Gasteiger charge is -2.32. The fourth-order valence-corrected chi connectivity index (χ4v) is 3.24. The van der Waals surface area contributed by atoms with Gasteiger partial charge in [0.15, 0.2) is 5.78 Å². The summed E-state index contributed by atoms with van der Waals surface area (Å²) in [6.07, 6.45) is 3.39. The average Bonchev–Trinajstić information content (AvgIpc) is 3.10. The van der Waals surface area contributed by atoms with Gasteiger partial charge in [-0.25, -0.2) is 4.79 Å². The van der Waals surface area contributed by atoms with Gasteiger partial charge in [0.05, 0.1) is 5.69 Å². The Hall–Kier alpha value is -3.16. The molecule has 8 nitrogen and oxygen atoms in total. The molecule has 1 aromatic carbocycles. The summed E-state index contributed by atoms with van der Waals surface area (Å²) in [5.41, 5.74) is 1.93. The van der Waals surface area contributed by atoms with Gasteiger partial charge in [0.2, 0.25) is 0 Å². The molecule has 2 N–H and O–H groups in total. The minimum atomic E-state index is -0.943. The van der Waals surface area contributed by atoms with Gasteiger partial charge in [0.1, 0.15) is 6.54 Å². The number of urea groups is 1. The summed E-state index contributed by atoms with van der Waals surface area (Å²) in [5, 5.41) is 16.0. The second kappa shape index (κ2) is 8.03. The van der Waals surface area contributed by atoms with E-state index in [-0.39, 0.29) is 24.3 Å². The first kappa shape index (κ1) is 18.6. The van der Waals surface area contributed by atoms with E-state index in [0.29, 0.717) is 24.3 Å². The molecule has 3 rings (SSSR count). The molecular formula is C19H22N4O4. The molecule has 1 unspecified atom stereocenters. The number of aliphatic carboxylic acids is 1. The molecule has 0 aliphatic carbocycles. The van der Waals surface area contributed by atoms with Gasteiger partial charge in [-0.05, 0) is 38.0 Å². The standard InChI is InChI=1S/C19H22N4O4/c1-13(24)14-4-2-6-16(10-14)20-19(27)22-8-3-5-15(11-22)17-7-9-23(21-17)12-18(25)26/h2,4,6-7,9-10,15H,3,5,8,11-12H2,1H3,(H,20,27)(H,25,26). The molecule has 2 amide bonds. The van der Waals surface area contributed by atoms with E-state index in [1.165, 1.54) is 11.6 Å². The molecule has 0 spiro atoms. The SMILES string of the molecule is CC(=O)c1cccc(NC(=O)N2CCCC(c3ccn(CC(=O)O)n3)C2)c1. The molecule has 1 aliphatic heterocycles. The number of nitrogens with zero attached hydrogens (tertiary/aromatic N) is 3. The number of benzene rings is 1. The summed E-state index contributed by atoms with van der Waals surface area (Å²) in [6, 6.07) is 8.45. The maximum Gasteiger partial charge on any atom is 0.325 e. The number of carboxylic acids is 1. The predicted octanol–water partition coefficient (Wildman–Crippen LogP) is 2.58. The first-order chi connectivity index (χ1) is 12.9. The highest BCUT2D eigenvalue weighted by molar-refractivity contribution is 5.96. The van der Waals surface area contributed by atoms with Crippen molar-refractivity contribution in [2.45, 2.75) is 32.2 Å². The Balaban J connectivity index is 1.64. The number of nitrogens with one attached hydrogen (secondary N) is 1. The highest BCUT2D eigenvalue weighted by Crippen LogP contribution is 2.26. The van der Waals surface area contributed by atoms with Crippen LogP contribution < -0.4 is 5.32 Å². The van der Waals surface area contributed by atoms with Crippen molar-refractivity contribution in [2.24, 2.45) is 0 Å². The monoisotopic (exact) mass is 370 g/mol. The number of likely N-dealkylation sites (tertiary alicyclic amines) is 1. The van der Waals surface area contributed by atoms with Crippen LogP contribution in [0.3, 0.4) is 0 Å². The van der Waals surface area contributed by atoms with Gasteiger partial charge in [-0.15, -0.1) is 0 Å². The van der Waals surface area contributed by atoms with Crippen LogP contribution in [0.1, 0.15) is 41.7 Å². The highest BCUT2D eigenvalue weighted by Gasteiger charge is 2.26. The van der Waals surface area contributed by atoms with E-state index in [2.05, 4.69) is 10.4 Å². The molecule has 2 aromatic rings. The second-order valence-electron chi connectivity index (χ2n) is 6.68. The van der Waals surface area contributed by atoms with E-state index in [1.54, 1.807) is 35.4 Å². The lowest BCUT2D eigenvalue weighted by atomic mass is 9.95. The van der Waals surface area contributed by atoms with E-state index in [1.807, 2.05) is 6.07 Å². The van der Waals surface area contributed by atoms with Crippen LogP contribution in [-0.2, 0) is 11.3 Å². The number of hydrogen-bond donors (Lipinski definition) is 2. The van der Waals surface area contributed by atoms with Gasteiger partial charge in [-0.1, -0.05) is 12.1 Å². The summed E-state index contributed by atoms with van der Waals surface area (Å²) >= 11 is 0. The number of piperidine rings is 1. The fraction of sp³-hybridized carbons (Fsp3) is 0.368. The maximum atomic E-state index is 12.6. The molecule has 8 heteroatoms. The Morgan fingerprint density at radius 2 is 2.11 bits per heavy atom. The van der Waals surface area contributed by atoms with Crippen LogP contribution in [0, 0.1) is 0 Å². The Morgan fingerprint density at radius 1 is 1.30 bits per heavy atom. The van der Waals surface area contributed by atoms with Crippen LogP contribution in [0.5, 0.6) is 0 Å². The number of hydrogen-bond acceptors (Lipinski definition) is 4. The smallest absolute Gasteiger partial charge is 0.325 e. The third-order valence-electron chi connectivity index (χ3n) is 4.61. The molecule has 1 aromatic heterocycles. The Labute approximate surface area is 156 Å². The topological polar surface area (TPSA) is 105 Å². The highest BCUT2D eigenvalue weighted by atomic mass is 16.4. The molecule has 0 saturated carbocycles. The summed E-state index contributed by atoms with van der Waals surface area (Å²) in [7, 11) is 0. The fourth-order valence-electron chi connectivity index (χ4n) is 3.24. The first-order valence-electron chi connectivity index (χ1n) is 8.84. The number of carbonyl (C=O) groups excluding carboxylic acids is 2. The predicted molar refractivity (Wildman–Crippen MR) is 98.9 cm³/mol. The van der Waals surface area contributed by atoms with Crippen LogP contribution in [0.2, 0.25) is 0 Å². The lowest BCUT2D eigenvalue weighted by Crippen LogP contribution is -2.41. The molecule has 1 atom stereocenters. The molecule has 1 aliphatic rings. The number of Topliss-reactive ketones (excluding diaryl/α,β-unsaturated/α-hetero) is 1. The molecule has 142 valence electrons. The third kappa shape index (κ3) is 4.72. The van der Waals surface area contributed by atoms with E-state index < -0.39 is 5.97 Å². The Bertz CT molecular complexity index is 861. The number of aromatic nitrogens is 2. The maximum absolute atomic E-state index is 12.6. The van der Waals surface area contributed by atoms with Gasteiger partial charge >= 0.3 is 12.0 Å². The van der Waals surface area contributed by atoms with Crippen LogP contribution in [0.4, 0.5) is 10.5 Å². The van der Waals surface area contributed by atoms with Gasteiger partial charge in [-0.3, -0.25) is 14.3 Å². The van der Waals surface area contributed by atoms with E-state index in [4.69, 9.17) is 5.11 Å². The van der Waals surface area contributed by atoms with Crippen LogP contribution in [0.25, 0.3) is 0 Å². The van der Waals surface area contributed by atoms with E-state index in [0.717, 1.165) is 18.5 Å². The van der Waals surface area contributed by atoms with Crippen LogP contribution in [0.15, 0.2) is 36.5 Å². The average molecular weight is 370 g/mol. The first-order valence-corrected chi connectivity index (χ1v) is 8.84.